The molecule has 0 spiro atoms. The van der Waals surface area contributed by atoms with Crippen LogP contribution >= 0.6 is 0 Å². The summed E-state index contributed by atoms with van der Waals surface area (Å²) in [5.41, 5.74) is 0.0963. The number of hydrogen-bond acceptors (Lipinski definition) is 4. The van der Waals surface area contributed by atoms with Crippen LogP contribution in [0.15, 0.2) is 30.5 Å². The van der Waals surface area contributed by atoms with Crippen LogP contribution in [0, 0.1) is 11.6 Å². The molecule has 0 aliphatic carbocycles. The van der Waals surface area contributed by atoms with Gasteiger partial charge in [-0.1, -0.05) is 0 Å². The summed E-state index contributed by atoms with van der Waals surface area (Å²) < 4.78 is 29.3. The van der Waals surface area contributed by atoms with E-state index in [0.717, 1.165) is 18.2 Å². The van der Waals surface area contributed by atoms with E-state index in [1.807, 2.05) is 0 Å². The molecule has 25 heavy (non-hydrogen) atoms. The molecule has 5 nitrogen and oxygen atoms in total. The van der Waals surface area contributed by atoms with Crippen LogP contribution in [0.4, 0.5) is 8.78 Å². The van der Waals surface area contributed by atoms with E-state index in [0.29, 0.717) is 22.9 Å². The van der Waals surface area contributed by atoms with Gasteiger partial charge in [-0.05, 0) is 45.0 Å². The summed E-state index contributed by atoms with van der Waals surface area (Å²) in [7, 11) is 0. The van der Waals surface area contributed by atoms with Crippen LogP contribution in [0.2, 0.25) is 0 Å². The number of pyridine rings is 1. The van der Waals surface area contributed by atoms with Gasteiger partial charge >= 0.3 is 0 Å². The first-order chi connectivity index (χ1) is 11.7. The van der Waals surface area contributed by atoms with Crippen molar-refractivity contribution in [3.63, 3.8) is 0 Å². The second-order valence-electron chi connectivity index (χ2n) is 6.50. The lowest BCUT2D eigenvalue weighted by Gasteiger charge is -2.26. The minimum atomic E-state index is -1.13. The Kier molecular flexibility index (Phi) is 4.12. The van der Waals surface area contributed by atoms with Gasteiger partial charge in [-0.2, -0.15) is 5.10 Å². The fraction of sp³-hybridized carbons (Fsp3) is 0.278. The van der Waals surface area contributed by atoms with Crippen LogP contribution in [-0.2, 0) is 0 Å². The van der Waals surface area contributed by atoms with Crippen molar-refractivity contribution in [2.45, 2.75) is 32.4 Å². The Balaban J connectivity index is 2.34. The highest BCUT2D eigenvalue weighted by atomic mass is 19.1. The molecule has 0 radical (unpaired) electrons. The van der Waals surface area contributed by atoms with Crippen LogP contribution in [0.3, 0.4) is 0 Å². The maximum absolute atomic E-state index is 14.2. The number of rotatable bonds is 4. The molecule has 3 aromatic rings. The largest absolute Gasteiger partial charge is 0.388 e. The summed E-state index contributed by atoms with van der Waals surface area (Å²) in [6.07, 6.45) is 1.98. The number of halogens is 2. The van der Waals surface area contributed by atoms with E-state index in [2.05, 4.69) is 10.1 Å². The average molecular weight is 345 g/mol. The van der Waals surface area contributed by atoms with Crippen molar-refractivity contribution in [2.75, 3.05) is 0 Å². The van der Waals surface area contributed by atoms with E-state index >= 15 is 0 Å². The Morgan fingerprint density at radius 2 is 2.00 bits per heavy atom. The van der Waals surface area contributed by atoms with Gasteiger partial charge in [0.25, 0.3) is 0 Å². The Morgan fingerprint density at radius 3 is 2.64 bits per heavy atom. The fourth-order valence-corrected chi connectivity index (χ4v) is 2.55. The second-order valence-corrected chi connectivity index (χ2v) is 6.50. The number of hydrogen-bond donors (Lipinski definition) is 1. The van der Waals surface area contributed by atoms with Gasteiger partial charge in [0.05, 0.1) is 17.2 Å². The summed E-state index contributed by atoms with van der Waals surface area (Å²) in [5, 5.41) is 14.7. The van der Waals surface area contributed by atoms with Gasteiger partial charge in [-0.15, -0.1) is 0 Å². The average Bonchev–Trinajstić information content (AvgIpc) is 2.93. The zero-order chi connectivity index (χ0) is 18.4. The normalized spacial score (nSPS) is 13.2. The third-order valence-corrected chi connectivity index (χ3v) is 4.28. The van der Waals surface area contributed by atoms with E-state index in [1.54, 1.807) is 26.8 Å². The predicted molar refractivity (Wildman–Crippen MR) is 89.3 cm³/mol. The third kappa shape index (κ3) is 3.02. The Hall–Kier alpha value is -2.67. The number of benzene rings is 1. The third-order valence-electron chi connectivity index (χ3n) is 4.28. The Bertz CT molecular complexity index is 961. The quantitative estimate of drug-likeness (QED) is 0.735. The van der Waals surface area contributed by atoms with Crippen LogP contribution in [0.1, 0.15) is 37.2 Å². The maximum Gasteiger partial charge on any atom is 0.151 e. The van der Waals surface area contributed by atoms with Gasteiger partial charge < -0.3 is 5.11 Å². The molecular formula is C18H17F2N3O2. The van der Waals surface area contributed by atoms with Crippen molar-refractivity contribution in [3.05, 3.63) is 47.7 Å². The molecule has 1 N–H and O–H groups in total. The van der Waals surface area contributed by atoms with Gasteiger partial charge in [0.2, 0.25) is 0 Å². The maximum atomic E-state index is 14.2. The van der Waals surface area contributed by atoms with Crippen molar-refractivity contribution in [1.29, 1.82) is 0 Å². The molecule has 2 heterocycles. The first kappa shape index (κ1) is 17.2. The first-order valence-corrected chi connectivity index (χ1v) is 7.73. The van der Waals surface area contributed by atoms with Crippen molar-refractivity contribution in [3.8, 4) is 11.3 Å². The summed E-state index contributed by atoms with van der Waals surface area (Å²) in [5.74, 6) is -1.23. The molecule has 1 aromatic carbocycles. The molecule has 0 bridgehead atoms. The summed E-state index contributed by atoms with van der Waals surface area (Å²) >= 11 is 0. The van der Waals surface area contributed by atoms with Gasteiger partial charge in [0, 0.05) is 17.3 Å². The number of aliphatic hydroxyl groups is 1. The number of fused-ring (bicyclic) bond motifs is 1. The Morgan fingerprint density at radius 1 is 1.28 bits per heavy atom. The van der Waals surface area contributed by atoms with E-state index in [9.17, 15) is 18.7 Å². The molecule has 0 fully saturated rings. The molecular weight excluding hydrogens is 328 g/mol. The number of aromatic nitrogens is 3. The second kappa shape index (κ2) is 6.00. The summed E-state index contributed by atoms with van der Waals surface area (Å²) in [6, 6.07) is 4.16. The monoisotopic (exact) mass is 345 g/mol. The Labute approximate surface area is 142 Å². The first-order valence-electron chi connectivity index (χ1n) is 7.73. The lowest BCUT2D eigenvalue weighted by atomic mass is 10.0. The molecule has 2 aromatic heterocycles. The molecule has 130 valence electrons. The van der Waals surface area contributed by atoms with E-state index in [1.165, 1.54) is 10.9 Å². The lowest BCUT2D eigenvalue weighted by molar-refractivity contribution is 0.0276. The molecule has 7 heteroatoms. The number of aldehydes is 1. The zero-order valence-corrected chi connectivity index (χ0v) is 14.0. The van der Waals surface area contributed by atoms with E-state index in [4.69, 9.17) is 0 Å². The summed E-state index contributed by atoms with van der Waals surface area (Å²) in [4.78, 5) is 15.3. The molecule has 0 aliphatic heterocycles. The molecule has 1 atom stereocenters. The predicted octanol–water partition coefficient (Wildman–Crippen LogP) is 3.52. The highest BCUT2D eigenvalue weighted by Gasteiger charge is 2.28. The highest BCUT2D eigenvalue weighted by molar-refractivity contribution is 5.93. The molecule has 0 saturated carbocycles. The molecule has 3 rings (SSSR count). The van der Waals surface area contributed by atoms with Gasteiger partial charge in [0.1, 0.15) is 22.8 Å². The fourth-order valence-electron chi connectivity index (χ4n) is 2.55. The molecule has 1 unspecified atom stereocenters. The summed E-state index contributed by atoms with van der Waals surface area (Å²) in [6.45, 7) is 4.97. The smallest absolute Gasteiger partial charge is 0.151 e. The standard InChI is InChI=1S/C18H17F2N3O2/c1-10(18(2,3)25)23-15-6-11(9-24)8-21-17(15)16(22-23)13-7-12(19)4-5-14(13)20/h4-10,25H,1-3H3. The van der Waals surface area contributed by atoms with Gasteiger partial charge in [0.15, 0.2) is 6.29 Å². The molecule has 0 saturated heterocycles. The van der Waals surface area contributed by atoms with Gasteiger partial charge in [-0.3, -0.25) is 14.5 Å². The van der Waals surface area contributed by atoms with Gasteiger partial charge in [-0.25, -0.2) is 8.78 Å². The molecule has 0 amide bonds. The van der Waals surface area contributed by atoms with E-state index < -0.39 is 23.3 Å². The molecule has 0 aliphatic rings. The zero-order valence-electron chi connectivity index (χ0n) is 14.0. The van der Waals surface area contributed by atoms with Crippen LogP contribution in [0.5, 0.6) is 0 Å². The topological polar surface area (TPSA) is 68.0 Å². The minimum Gasteiger partial charge on any atom is -0.388 e. The van der Waals surface area contributed by atoms with Crippen LogP contribution in [-0.4, -0.2) is 31.8 Å². The van der Waals surface area contributed by atoms with Crippen molar-refractivity contribution < 1.29 is 18.7 Å². The van der Waals surface area contributed by atoms with E-state index in [-0.39, 0.29) is 11.3 Å². The minimum absolute atomic E-state index is 0.0296. The number of carbonyl (C=O) groups excluding carboxylic acids is 1. The van der Waals surface area contributed by atoms with Crippen molar-refractivity contribution in [2.24, 2.45) is 0 Å². The van der Waals surface area contributed by atoms with Crippen LogP contribution < -0.4 is 0 Å². The number of carbonyl (C=O) groups is 1. The number of nitrogens with zero attached hydrogens (tertiary/aromatic N) is 3. The lowest BCUT2D eigenvalue weighted by Crippen LogP contribution is -2.31. The van der Waals surface area contributed by atoms with Crippen molar-refractivity contribution >= 4 is 17.3 Å². The van der Waals surface area contributed by atoms with Crippen molar-refractivity contribution in [1.82, 2.24) is 14.8 Å². The van der Waals surface area contributed by atoms with Crippen LogP contribution in [0.25, 0.3) is 22.3 Å². The highest BCUT2D eigenvalue weighted by Crippen LogP contribution is 2.33. The SMILES string of the molecule is CC(n1nc(-c2cc(F)ccc2F)c2ncc(C=O)cc21)C(C)(C)O.